The van der Waals surface area contributed by atoms with Crippen molar-refractivity contribution in [2.75, 3.05) is 6.54 Å². The van der Waals surface area contributed by atoms with E-state index in [4.69, 9.17) is 0 Å². The Morgan fingerprint density at radius 3 is 2.50 bits per heavy atom. The SMILES string of the molecule is CC(CNC=O)c1ccccc1C#Cc1ccccc1. The number of rotatable bonds is 4. The van der Waals surface area contributed by atoms with Crippen molar-refractivity contribution in [3.8, 4) is 11.8 Å². The van der Waals surface area contributed by atoms with Crippen molar-refractivity contribution in [3.05, 3.63) is 71.3 Å². The summed E-state index contributed by atoms with van der Waals surface area (Å²) in [5, 5.41) is 2.72. The molecule has 20 heavy (non-hydrogen) atoms. The second-order valence-corrected chi connectivity index (χ2v) is 4.63. The first-order chi connectivity index (χ1) is 9.81. The maximum Gasteiger partial charge on any atom is 0.207 e. The highest BCUT2D eigenvalue weighted by molar-refractivity contribution is 5.49. The first kappa shape index (κ1) is 13.9. The predicted octanol–water partition coefficient (Wildman–Crippen LogP) is 2.94. The van der Waals surface area contributed by atoms with Crippen LogP contribution in [0.1, 0.15) is 29.5 Å². The molecule has 1 amide bonds. The van der Waals surface area contributed by atoms with Crippen molar-refractivity contribution < 1.29 is 4.79 Å². The largest absolute Gasteiger partial charge is 0.358 e. The van der Waals surface area contributed by atoms with E-state index in [1.807, 2.05) is 48.5 Å². The van der Waals surface area contributed by atoms with Crippen LogP contribution in [-0.2, 0) is 4.79 Å². The van der Waals surface area contributed by atoms with E-state index in [1.54, 1.807) is 0 Å². The van der Waals surface area contributed by atoms with Gasteiger partial charge in [0.1, 0.15) is 0 Å². The summed E-state index contributed by atoms with van der Waals surface area (Å²) in [6, 6.07) is 18.0. The van der Waals surface area contributed by atoms with Crippen LogP contribution < -0.4 is 5.32 Å². The number of carbonyl (C=O) groups is 1. The molecule has 1 atom stereocenters. The van der Waals surface area contributed by atoms with Crippen molar-refractivity contribution in [3.63, 3.8) is 0 Å². The molecule has 0 aliphatic carbocycles. The van der Waals surface area contributed by atoms with Crippen LogP contribution in [0.4, 0.5) is 0 Å². The molecular weight excluding hydrogens is 246 g/mol. The van der Waals surface area contributed by atoms with E-state index >= 15 is 0 Å². The molecule has 1 N–H and O–H groups in total. The highest BCUT2D eigenvalue weighted by Gasteiger charge is 2.08. The van der Waals surface area contributed by atoms with Gasteiger partial charge in [-0.25, -0.2) is 0 Å². The minimum Gasteiger partial charge on any atom is -0.358 e. The minimum atomic E-state index is 0.237. The third-order valence-corrected chi connectivity index (χ3v) is 3.11. The Labute approximate surface area is 119 Å². The monoisotopic (exact) mass is 263 g/mol. The van der Waals surface area contributed by atoms with Gasteiger partial charge in [0.15, 0.2) is 0 Å². The number of nitrogens with one attached hydrogen (secondary N) is 1. The first-order valence-corrected chi connectivity index (χ1v) is 6.64. The molecule has 0 aliphatic rings. The molecule has 0 radical (unpaired) electrons. The highest BCUT2D eigenvalue weighted by Crippen LogP contribution is 2.18. The van der Waals surface area contributed by atoms with E-state index in [-0.39, 0.29) is 5.92 Å². The van der Waals surface area contributed by atoms with Gasteiger partial charge in [-0.3, -0.25) is 4.79 Å². The van der Waals surface area contributed by atoms with Crippen LogP contribution in [0, 0.1) is 11.8 Å². The summed E-state index contributed by atoms with van der Waals surface area (Å²) in [6.45, 7) is 2.70. The number of amides is 1. The van der Waals surface area contributed by atoms with Crippen LogP contribution in [0.15, 0.2) is 54.6 Å². The smallest absolute Gasteiger partial charge is 0.207 e. The van der Waals surface area contributed by atoms with Crippen molar-refractivity contribution in [2.45, 2.75) is 12.8 Å². The van der Waals surface area contributed by atoms with Gasteiger partial charge in [-0.15, -0.1) is 0 Å². The van der Waals surface area contributed by atoms with E-state index in [0.29, 0.717) is 6.54 Å². The standard InChI is InChI=1S/C18H17NO/c1-15(13-19-14-20)18-10-6-5-9-17(18)12-11-16-7-3-2-4-8-16/h2-10,14-15H,13H2,1H3,(H,19,20). The summed E-state index contributed by atoms with van der Waals surface area (Å²) in [4.78, 5) is 10.4. The van der Waals surface area contributed by atoms with Crippen LogP contribution in [0.3, 0.4) is 0 Å². The number of hydrogen-bond donors (Lipinski definition) is 1. The molecule has 0 heterocycles. The van der Waals surface area contributed by atoms with Crippen LogP contribution in [-0.4, -0.2) is 13.0 Å². The molecule has 2 aromatic rings. The topological polar surface area (TPSA) is 29.1 Å². The maximum atomic E-state index is 10.4. The second kappa shape index (κ2) is 7.16. The van der Waals surface area contributed by atoms with Crippen LogP contribution >= 0.6 is 0 Å². The third-order valence-electron chi connectivity index (χ3n) is 3.11. The van der Waals surface area contributed by atoms with E-state index in [2.05, 4.69) is 30.1 Å². The molecule has 2 heteroatoms. The lowest BCUT2D eigenvalue weighted by atomic mass is 9.95. The van der Waals surface area contributed by atoms with Gasteiger partial charge < -0.3 is 5.32 Å². The Kier molecular flexibility index (Phi) is 4.97. The molecule has 2 aromatic carbocycles. The van der Waals surface area contributed by atoms with Gasteiger partial charge in [-0.2, -0.15) is 0 Å². The molecule has 0 aliphatic heterocycles. The Balaban J connectivity index is 2.24. The zero-order chi connectivity index (χ0) is 14.2. The van der Waals surface area contributed by atoms with E-state index in [0.717, 1.165) is 23.1 Å². The van der Waals surface area contributed by atoms with Gasteiger partial charge in [0.05, 0.1) is 0 Å². The van der Waals surface area contributed by atoms with Crippen molar-refractivity contribution in [1.29, 1.82) is 0 Å². The Hall–Kier alpha value is -2.53. The summed E-state index contributed by atoms with van der Waals surface area (Å²) in [5.41, 5.74) is 3.17. The molecule has 0 saturated heterocycles. The fourth-order valence-corrected chi connectivity index (χ4v) is 2.04. The molecule has 100 valence electrons. The summed E-state index contributed by atoms with van der Waals surface area (Å²) in [7, 11) is 0. The fourth-order valence-electron chi connectivity index (χ4n) is 2.04. The first-order valence-electron chi connectivity index (χ1n) is 6.64. The minimum absolute atomic E-state index is 0.237. The number of benzene rings is 2. The summed E-state index contributed by atoms with van der Waals surface area (Å²) in [6.07, 6.45) is 0.731. The average molecular weight is 263 g/mol. The Morgan fingerprint density at radius 1 is 1.05 bits per heavy atom. The van der Waals surface area contributed by atoms with Crippen molar-refractivity contribution in [2.24, 2.45) is 0 Å². The van der Waals surface area contributed by atoms with Gasteiger partial charge >= 0.3 is 0 Å². The number of hydrogen-bond acceptors (Lipinski definition) is 1. The third kappa shape index (κ3) is 3.73. The lowest BCUT2D eigenvalue weighted by Gasteiger charge is -2.12. The Bertz CT molecular complexity index is 623. The van der Waals surface area contributed by atoms with Crippen LogP contribution in [0.5, 0.6) is 0 Å². The zero-order valence-corrected chi connectivity index (χ0v) is 11.5. The molecule has 2 nitrogen and oxygen atoms in total. The van der Waals surface area contributed by atoms with Crippen molar-refractivity contribution in [1.82, 2.24) is 5.32 Å². The molecule has 0 fully saturated rings. The van der Waals surface area contributed by atoms with Gasteiger partial charge in [-0.1, -0.05) is 55.2 Å². The van der Waals surface area contributed by atoms with Crippen LogP contribution in [0.25, 0.3) is 0 Å². The highest BCUT2D eigenvalue weighted by atomic mass is 16.1. The molecule has 0 saturated carbocycles. The van der Waals surface area contributed by atoms with E-state index in [9.17, 15) is 4.79 Å². The lowest BCUT2D eigenvalue weighted by molar-refractivity contribution is -0.109. The summed E-state index contributed by atoms with van der Waals surface area (Å²) in [5.74, 6) is 6.63. The molecule has 0 bridgehead atoms. The predicted molar refractivity (Wildman–Crippen MR) is 81.3 cm³/mol. The zero-order valence-electron chi connectivity index (χ0n) is 11.5. The second-order valence-electron chi connectivity index (χ2n) is 4.63. The summed E-state index contributed by atoms with van der Waals surface area (Å²) < 4.78 is 0. The lowest BCUT2D eigenvalue weighted by Crippen LogP contribution is -2.18. The summed E-state index contributed by atoms with van der Waals surface area (Å²) >= 11 is 0. The molecular formula is C18H17NO. The molecule has 1 unspecified atom stereocenters. The Morgan fingerprint density at radius 2 is 1.75 bits per heavy atom. The number of carbonyl (C=O) groups excluding carboxylic acids is 1. The maximum absolute atomic E-state index is 10.4. The average Bonchev–Trinajstić information content (AvgIpc) is 2.52. The molecule has 0 aromatic heterocycles. The van der Waals surface area contributed by atoms with Gasteiger partial charge in [0, 0.05) is 17.7 Å². The van der Waals surface area contributed by atoms with E-state index < -0.39 is 0 Å². The van der Waals surface area contributed by atoms with Gasteiger partial charge in [0.25, 0.3) is 0 Å². The molecule has 0 spiro atoms. The quantitative estimate of drug-likeness (QED) is 0.667. The van der Waals surface area contributed by atoms with Crippen molar-refractivity contribution >= 4 is 6.41 Å². The molecule has 2 rings (SSSR count). The van der Waals surface area contributed by atoms with Gasteiger partial charge in [-0.05, 0) is 29.7 Å². The fraction of sp³-hybridized carbons (Fsp3) is 0.167. The van der Waals surface area contributed by atoms with Crippen LogP contribution in [0.2, 0.25) is 0 Å². The van der Waals surface area contributed by atoms with E-state index in [1.165, 1.54) is 0 Å². The normalized spacial score (nSPS) is 11.1. The van der Waals surface area contributed by atoms with Gasteiger partial charge in [0.2, 0.25) is 6.41 Å².